The molecule has 26 heavy (non-hydrogen) atoms. The van der Waals surface area contributed by atoms with Gasteiger partial charge in [0.2, 0.25) is 5.91 Å². The summed E-state index contributed by atoms with van der Waals surface area (Å²) in [4.78, 5) is 11.1. The van der Waals surface area contributed by atoms with Crippen molar-refractivity contribution in [3.63, 3.8) is 0 Å². The first-order valence-electron chi connectivity index (χ1n) is 10.4. The van der Waals surface area contributed by atoms with Crippen molar-refractivity contribution in [2.75, 3.05) is 13.1 Å². The van der Waals surface area contributed by atoms with Crippen molar-refractivity contribution in [3.8, 4) is 0 Å². The van der Waals surface area contributed by atoms with Crippen LogP contribution in [0.15, 0.2) is 0 Å². The predicted molar refractivity (Wildman–Crippen MR) is 115 cm³/mol. The summed E-state index contributed by atoms with van der Waals surface area (Å²) >= 11 is 0. The number of carbonyl (C=O) groups excluding carboxylic acids is 1. The van der Waals surface area contributed by atoms with E-state index in [-0.39, 0.29) is 16.7 Å². The highest BCUT2D eigenvalue weighted by Gasteiger charge is 2.37. The Morgan fingerprint density at radius 3 is 1.81 bits per heavy atom. The molecule has 0 bridgehead atoms. The Bertz CT molecular complexity index is 430. The molecule has 0 fully saturated rings. The van der Waals surface area contributed by atoms with Crippen LogP contribution in [-0.2, 0) is 4.79 Å². The number of hydrogen-bond donors (Lipinski definition) is 2. The Balaban J connectivity index is 4.76. The van der Waals surface area contributed by atoms with Crippen LogP contribution < -0.4 is 11.1 Å². The monoisotopic (exact) mass is 368 g/mol. The molecule has 0 aromatic rings. The number of nitrogens with two attached hydrogens (primary N) is 1. The Kier molecular flexibility index (Phi) is 9.36. The molecule has 0 rings (SSSR count). The normalized spacial score (nSPS) is 15.0. The number of amides is 1. The molecule has 0 heterocycles. The molecule has 0 spiro atoms. The fraction of sp³-hybridized carbons (Fsp3) is 0.957. The van der Waals surface area contributed by atoms with Crippen molar-refractivity contribution in [1.82, 2.24) is 5.32 Å². The summed E-state index contributed by atoms with van der Waals surface area (Å²) in [6.45, 7) is 24.3. The quantitative estimate of drug-likeness (QED) is 0.486. The summed E-state index contributed by atoms with van der Waals surface area (Å²) in [5, 5.41) is 2.93. The Morgan fingerprint density at radius 2 is 1.38 bits per heavy atom. The average Bonchev–Trinajstić information content (AvgIpc) is 2.40. The third-order valence-corrected chi connectivity index (χ3v) is 5.84. The van der Waals surface area contributed by atoms with Gasteiger partial charge in [-0.25, -0.2) is 0 Å². The van der Waals surface area contributed by atoms with Crippen LogP contribution in [0.25, 0.3) is 0 Å². The molecule has 3 N–H and O–H groups in total. The van der Waals surface area contributed by atoms with E-state index in [1.165, 1.54) is 25.7 Å². The van der Waals surface area contributed by atoms with Crippen molar-refractivity contribution in [3.05, 3.63) is 0 Å². The van der Waals surface area contributed by atoms with E-state index < -0.39 is 0 Å². The maximum atomic E-state index is 11.1. The molecular formula is C23H48N2O. The van der Waals surface area contributed by atoms with E-state index in [4.69, 9.17) is 5.73 Å². The summed E-state index contributed by atoms with van der Waals surface area (Å²) in [5.74, 6) is 0.615. The molecule has 156 valence electrons. The molecule has 0 aliphatic carbocycles. The molecule has 0 aliphatic heterocycles. The lowest BCUT2D eigenvalue weighted by atomic mass is 9.63. The molecule has 1 unspecified atom stereocenters. The maximum Gasteiger partial charge on any atom is 0.216 e. The Labute approximate surface area is 164 Å². The molecule has 1 amide bonds. The summed E-state index contributed by atoms with van der Waals surface area (Å²) in [5.41, 5.74) is 7.28. The van der Waals surface area contributed by atoms with Crippen molar-refractivity contribution in [1.29, 1.82) is 0 Å². The zero-order valence-electron chi connectivity index (χ0n) is 19.5. The van der Waals surface area contributed by atoms with E-state index in [9.17, 15) is 4.79 Å². The first kappa shape index (κ1) is 25.4. The van der Waals surface area contributed by atoms with Crippen LogP contribution in [0.1, 0.15) is 101 Å². The van der Waals surface area contributed by atoms with Crippen molar-refractivity contribution < 1.29 is 4.79 Å². The first-order chi connectivity index (χ1) is 11.5. The highest BCUT2D eigenvalue weighted by atomic mass is 16.1. The van der Waals surface area contributed by atoms with Crippen LogP contribution in [-0.4, -0.2) is 19.0 Å². The van der Waals surface area contributed by atoms with Gasteiger partial charge in [0.15, 0.2) is 0 Å². The summed E-state index contributed by atoms with van der Waals surface area (Å²) < 4.78 is 0. The van der Waals surface area contributed by atoms with Gasteiger partial charge < -0.3 is 11.1 Å². The first-order valence-corrected chi connectivity index (χ1v) is 10.4. The molecule has 3 nitrogen and oxygen atoms in total. The van der Waals surface area contributed by atoms with Gasteiger partial charge in [0, 0.05) is 13.5 Å². The second-order valence-corrected chi connectivity index (χ2v) is 11.9. The highest BCUT2D eigenvalue weighted by molar-refractivity contribution is 5.72. The van der Waals surface area contributed by atoms with Crippen molar-refractivity contribution in [2.45, 2.75) is 101 Å². The molecule has 0 aromatic heterocycles. The minimum absolute atomic E-state index is 0.0644. The number of nitrogens with one attached hydrogen (secondary N) is 1. The lowest BCUT2D eigenvalue weighted by Crippen LogP contribution is -2.37. The van der Waals surface area contributed by atoms with Gasteiger partial charge >= 0.3 is 0 Å². The fourth-order valence-corrected chi connectivity index (χ4v) is 4.26. The fourth-order valence-electron chi connectivity index (χ4n) is 4.26. The van der Waals surface area contributed by atoms with E-state index in [1.54, 1.807) is 6.92 Å². The molecule has 0 saturated heterocycles. The molecule has 0 aromatic carbocycles. The van der Waals surface area contributed by atoms with Crippen LogP contribution in [0.2, 0.25) is 0 Å². The summed E-state index contributed by atoms with van der Waals surface area (Å²) in [6, 6.07) is 0. The zero-order chi connectivity index (χ0) is 20.8. The molecule has 3 heteroatoms. The van der Waals surface area contributed by atoms with E-state index in [0.29, 0.717) is 16.7 Å². The zero-order valence-corrected chi connectivity index (χ0v) is 19.5. The number of rotatable bonds is 11. The van der Waals surface area contributed by atoms with Gasteiger partial charge in [-0.3, -0.25) is 4.79 Å². The standard InChI is InChI=1S/C23H48N2O/c1-18(26)25-14-13-21(5,6)11-12-22(7,8)17-23(9,10)19(16-24)15-20(2,3)4/h19H,11-17,24H2,1-10H3,(H,25,26). The van der Waals surface area contributed by atoms with Crippen LogP contribution in [0.5, 0.6) is 0 Å². The third kappa shape index (κ3) is 11.2. The Hall–Kier alpha value is -0.570. The van der Waals surface area contributed by atoms with E-state index in [0.717, 1.165) is 19.5 Å². The third-order valence-electron chi connectivity index (χ3n) is 5.84. The largest absolute Gasteiger partial charge is 0.356 e. The van der Waals surface area contributed by atoms with E-state index >= 15 is 0 Å². The van der Waals surface area contributed by atoms with Gasteiger partial charge in [0.1, 0.15) is 0 Å². The smallest absolute Gasteiger partial charge is 0.216 e. The Morgan fingerprint density at radius 1 is 0.885 bits per heavy atom. The van der Waals surface area contributed by atoms with Gasteiger partial charge in [-0.15, -0.1) is 0 Å². The molecule has 0 radical (unpaired) electrons. The minimum atomic E-state index is 0.0644. The number of hydrogen-bond acceptors (Lipinski definition) is 2. The number of carbonyl (C=O) groups is 1. The molecule has 1 atom stereocenters. The lowest BCUT2D eigenvalue weighted by Gasteiger charge is -2.43. The average molecular weight is 369 g/mol. The van der Waals surface area contributed by atoms with E-state index in [1.807, 2.05) is 0 Å². The lowest BCUT2D eigenvalue weighted by molar-refractivity contribution is -0.119. The predicted octanol–water partition coefficient (Wildman–Crippen LogP) is 5.77. The van der Waals surface area contributed by atoms with Crippen LogP contribution in [0, 0.1) is 27.6 Å². The highest BCUT2D eigenvalue weighted by Crippen LogP contribution is 2.46. The minimum Gasteiger partial charge on any atom is -0.356 e. The summed E-state index contributed by atoms with van der Waals surface area (Å²) in [7, 11) is 0. The second-order valence-electron chi connectivity index (χ2n) is 11.9. The SMILES string of the molecule is CC(=O)NCCC(C)(C)CCC(C)(C)CC(C)(C)C(CN)CC(C)(C)C. The second kappa shape index (κ2) is 9.57. The van der Waals surface area contributed by atoms with Gasteiger partial charge in [-0.2, -0.15) is 0 Å². The van der Waals surface area contributed by atoms with E-state index in [2.05, 4.69) is 67.6 Å². The molecule has 0 aliphatic rings. The molecule has 0 saturated carbocycles. The van der Waals surface area contributed by atoms with Crippen LogP contribution >= 0.6 is 0 Å². The van der Waals surface area contributed by atoms with Gasteiger partial charge in [-0.1, -0.05) is 62.3 Å². The van der Waals surface area contributed by atoms with Crippen molar-refractivity contribution >= 4 is 5.91 Å². The van der Waals surface area contributed by atoms with Gasteiger partial charge in [0.05, 0.1) is 0 Å². The van der Waals surface area contributed by atoms with Gasteiger partial charge in [0.25, 0.3) is 0 Å². The van der Waals surface area contributed by atoms with Crippen LogP contribution in [0.3, 0.4) is 0 Å². The molecular weight excluding hydrogens is 320 g/mol. The van der Waals surface area contributed by atoms with Gasteiger partial charge in [-0.05, 0) is 66.2 Å². The topological polar surface area (TPSA) is 55.1 Å². The van der Waals surface area contributed by atoms with Crippen LogP contribution in [0.4, 0.5) is 0 Å². The van der Waals surface area contributed by atoms with Crippen molar-refractivity contribution in [2.24, 2.45) is 33.3 Å². The maximum absolute atomic E-state index is 11.1. The summed E-state index contributed by atoms with van der Waals surface area (Å²) in [6.07, 6.45) is 5.79.